The maximum absolute atomic E-state index is 13.8. The molecule has 1 N–H and O–H groups in total. The fraction of sp³-hybridized carbons (Fsp3) is 0.357. The van der Waals surface area contributed by atoms with Crippen molar-refractivity contribution in [3.05, 3.63) is 41.1 Å². The summed E-state index contributed by atoms with van der Waals surface area (Å²) in [5, 5.41) is 3.29. The standard InChI is InChI=1S/C14H16ClFN2O/c1-9(2)6-17-8-13-18-7-12(19-13)10-4-3-5-11(15)14(10)16/h3-5,7,9,17H,6,8H2,1-2H3. The zero-order valence-corrected chi connectivity index (χ0v) is 11.7. The van der Waals surface area contributed by atoms with E-state index in [9.17, 15) is 4.39 Å². The zero-order chi connectivity index (χ0) is 13.8. The zero-order valence-electron chi connectivity index (χ0n) is 10.9. The lowest BCUT2D eigenvalue weighted by molar-refractivity contribution is 0.457. The summed E-state index contributed by atoms with van der Waals surface area (Å²) in [4.78, 5) is 4.12. The van der Waals surface area contributed by atoms with Crippen LogP contribution in [0.2, 0.25) is 5.02 Å². The van der Waals surface area contributed by atoms with Crippen LogP contribution in [0.4, 0.5) is 4.39 Å². The van der Waals surface area contributed by atoms with E-state index in [1.807, 2.05) is 0 Å². The smallest absolute Gasteiger partial charge is 0.208 e. The molecule has 0 saturated heterocycles. The van der Waals surface area contributed by atoms with Crippen molar-refractivity contribution in [2.75, 3.05) is 6.54 Å². The monoisotopic (exact) mass is 282 g/mol. The number of nitrogens with zero attached hydrogens (tertiary/aromatic N) is 1. The minimum Gasteiger partial charge on any atom is -0.439 e. The molecule has 2 rings (SSSR count). The molecule has 0 aliphatic rings. The van der Waals surface area contributed by atoms with E-state index in [0.717, 1.165) is 6.54 Å². The Bertz CT molecular complexity index is 554. The van der Waals surface area contributed by atoms with Crippen LogP contribution in [0.25, 0.3) is 11.3 Å². The molecular formula is C14H16ClFN2O. The molecule has 19 heavy (non-hydrogen) atoms. The van der Waals surface area contributed by atoms with E-state index in [2.05, 4.69) is 24.1 Å². The molecule has 0 bridgehead atoms. The Hall–Kier alpha value is -1.39. The first-order chi connectivity index (χ1) is 9.08. The largest absolute Gasteiger partial charge is 0.439 e. The van der Waals surface area contributed by atoms with Crippen molar-refractivity contribution in [3.8, 4) is 11.3 Å². The van der Waals surface area contributed by atoms with E-state index in [0.29, 0.717) is 29.7 Å². The lowest BCUT2D eigenvalue weighted by atomic mass is 10.2. The van der Waals surface area contributed by atoms with E-state index in [4.69, 9.17) is 16.0 Å². The van der Waals surface area contributed by atoms with Crippen LogP contribution in [-0.4, -0.2) is 11.5 Å². The number of halogens is 2. The second kappa shape index (κ2) is 6.17. The Morgan fingerprint density at radius 2 is 2.21 bits per heavy atom. The molecule has 2 aromatic rings. The molecule has 0 atom stereocenters. The van der Waals surface area contributed by atoms with Gasteiger partial charge in [0.25, 0.3) is 0 Å². The highest BCUT2D eigenvalue weighted by Crippen LogP contribution is 2.27. The number of benzene rings is 1. The van der Waals surface area contributed by atoms with E-state index < -0.39 is 5.82 Å². The third kappa shape index (κ3) is 3.55. The lowest BCUT2D eigenvalue weighted by Crippen LogP contribution is -2.18. The molecule has 1 aromatic heterocycles. The molecule has 1 aromatic carbocycles. The van der Waals surface area contributed by atoms with Gasteiger partial charge in [-0.3, -0.25) is 0 Å². The van der Waals surface area contributed by atoms with Gasteiger partial charge in [-0.2, -0.15) is 0 Å². The molecule has 3 nitrogen and oxygen atoms in total. The molecule has 0 aliphatic heterocycles. The van der Waals surface area contributed by atoms with Crippen molar-refractivity contribution in [2.24, 2.45) is 5.92 Å². The summed E-state index contributed by atoms with van der Waals surface area (Å²) in [6, 6.07) is 4.80. The summed E-state index contributed by atoms with van der Waals surface area (Å²) in [5.74, 6) is 0.998. The van der Waals surface area contributed by atoms with Gasteiger partial charge in [-0.1, -0.05) is 31.5 Å². The first kappa shape index (κ1) is 14.0. The summed E-state index contributed by atoms with van der Waals surface area (Å²) in [6.45, 7) is 5.65. The first-order valence-corrected chi connectivity index (χ1v) is 6.55. The van der Waals surface area contributed by atoms with Crippen LogP contribution in [0.1, 0.15) is 19.7 Å². The number of hydrogen-bond donors (Lipinski definition) is 1. The Kier molecular flexibility index (Phi) is 4.56. The van der Waals surface area contributed by atoms with Gasteiger partial charge in [0.15, 0.2) is 11.6 Å². The normalized spacial score (nSPS) is 11.2. The Balaban J connectivity index is 2.10. The van der Waals surface area contributed by atoms with Gasteiger partial charge in [0.2, 0.25) is 5.89 Å². The van der Waals surface area contributed by atoms with Crippen molar-refractivity contribution in [3.63, 3.8) is 0 Å². The Morgan fingerprint density at radius 1 is 1.42 bits per heavy atom. The van der Waals surface area contributed by atoms with Crippen LogP contribution in [0, 0.1) is 11.7 Å². The minimum absolute atomic E-state index is 0.0772. The van der Waals surface area contributed by atoms with Crippen LogP contribution in [0.15, 0.2) is 28.8 Å². The summed E-state index contributed by atoms with van der Waals surface area (Å²) >= 11 is 5.74. The summed E-state index contributed by atoms with van der Waals surface area (Å²) in [6.07, 6.45) is 1.52. The lowest BCUT2D eigenvalue weighted by Gasteiger charge is -2.04. The average Bonchev–Trinajstić information content (AvgIpc) is 2.81. The highest BCUT2D eigenvalue weighted by atomic mass is 35.5. The molecule has 1 heterocycles. The fourth-order valence-electron chi connectivity index (χ4n) is 1.68. The topological polar surface area (TPSA) is 38.1 Å². The molecule has 0 aliphatic carbocycles. The molecule has 0 radical (unpaired) electrons. The third-order valence-electron chi connectivity index (χ3n) is 2.60. The summed E-state index contributed by atoms with van der Waals surface area (Å²) in [7, 11) is 0. The molecular weight excluding hydrogens is 267 g/mol. The quantitative estimate of drug-likeness (QED) is 0.904. The van der Waals surface area contributed by atoms with Gasteiger partial charge in [-0.15, -0.1) is 0 Å². The van der Waals surface area contributed by atoms with Crippen LogP contribution in [-0.2, 0) is 6.54 Å². The van der Waals surface area contributed by atoms with E-state index in [1.165, 1.54) is 12.3 Å². The van der Waals surface area contributed by atoms with Crippen molar-refractivity contribution in [1.82, 2.24) is 10.3 Å². The number of nitrogens with one attached hydrogen (secondary N) is 1. The molecule has 0 fully saturated rings. The van der Waals surface area contributed by atoms with Crippen molar-refractivity contribution in [2.45, 2.75) is 20.4 Å². The van der Waals surface area contributed by atoms with Gasteiger partial charge in [-0.25, -0.2) is 9.37 Å². The van der Waals surface area contributed by atoms with Crippen molar-refractivity contribution < 1.29 is 8.81 Å². The van der Waals surface area contributed by atoms with Crippen LogP contribution in [0.3, 0.4) is 0 Å². The van der Waals surface area contributed by atoms with E-state index in [1.54, 1.807) is 12.1 Å². The van der Waals surface area contributed by atoms with Gasteiger partial charge in [-0.05, 0) is 24.6 Å². The first-order valence-electron chi connectivity index (χ1n) is 6.17. The Morgan fingerprint density at radius 3 is 2.95 bits per heavy atom. The number of rotatable bonds is 5. The highest BCUT2D eigenvalue weighted by Gasteiger charge is 2.13. The summed E-state index contributed by atoms with van der Waals surface area (Å²) < 4.78 is 19.3. The second-order valence-corrected chi connectivity index (χ2v) is 5.15. The second-order valence-electron chi connectivity index (χ2n) is 4.74. The molecule has 0 amide bonds. The fourth-order valence-corrected chi connectivity index (χ4v) is 1.85. The molecule has 5 heteroatoms. The third-order valence-corrected chi connectivity index (χ3v) is 2.89. The van der Waals surface area contributed by atoms with Gasteiger partial charge >= 0.3 is 0 Å². The van der Waals surface area contributed by atoms with Crippen LogP contribution in [0.5, 0.6) is 0 Å². The van der Waals surface area contributed by atoms with Crippen LogP contribution < -0.4 is 5.32 Å². The van der Waals surface area contributed by atoms with Gasteiger partial charge < -0.3 is 9.73 Å². The number of hydrogen-bond acceptors (Lipinski definition) is 3. The number of oxazole rings is 1. The SMILES string of the molecule is CC(C)CNCc1ncc(-c2cccc(Cl)c2F)o1. The molecule has 0 unspecified atom stereocenters. The van der Waals surface area contributed by atoms with Crippen molar-refractivity contribution >= 4 is 11.6 Å². The van der Waals surface area contributed by atoms with Gasteiger partial charge in [0.1, 0.15) is 0 Å². The number of aromatic nitrogens is 1. The average molecular weight is 283 g/mol. The van der Waals surface area contributed by atoms with E-state index >= 15 is 0 Å². The van der Waals surface area contributed by atoms with E-state index in [-0.39, 0.29) is 5.02 Å². The molecule has 102 valence electrons. The Labute approximate surface area is 116 Å². The molecule has 0 spiro atoms. The predicted molar refractivity (Wildman–Crippen MR) is 73.5 cm³/mol. The van der Waals surface area contributed by atoms with Crippen LogP contribution >= 0.6 is 11.6 Å². The summed E-state index contributed by atoms with van der Waals surface area (Å²) in [5.41, 5.74) is 0.329. The predicted octanol–water partition coefficient (Wildman–Crippen LogP) is 3.88. The minimum atomic E-state index is -0.484. The van der Waals surface area contributed by atoms with Gasteiger partial charge in [0.05, 0.1) is 23.3 Å². The maximum Gasteiger partial charge on any atom is 0.208 e. The molecule has 0 saturated carbocycles. The maximum atomic E-state index is 13.8. The van der Waals surface area contributed by atoms with Crippen molar-refractivity contribution in [1.29, 1.82) is 0 Å². The highest BCUT2D eigenvalue weighted by molar-refractivity contribution is 6.31. The van der Waals surface area contributed by atoms with Gasteiger partial charge in [0, 0.05) is 0 Å².